The molecule has 0 spiro atoms. The van der Waals surface area contributed by atoms with Crippen LogP contribution >= 0.6 is 0 Å². The van der Waals surface area contributed by atoms with Gasteiger partial charge in [-0.1, -0.05) is 12.2 Å². The largest absolute Gasteiger partial charge is 0.298 e. The molecule has 1 heterocycles. The van der Waals surface area contributed by atoms with Crippen LogP contribution in [0.15, 0.2) is 33.8 Å². The number of aliphatic imine (C=N–C) groups is 2. The van der Waals surface area contributed by atoms with Crippen LogP contribution in [0.1, 0.15) is 0 Å². The van der Waals surface area contributed by atoms with Crippen molar-refractivity contribution in [2.75, 3.05) is 0 Å². The summed E-state index contributed by atoms with van der Waals surface area (Å²) in [5.41, 5.74) is 1.51. The van der Waals surface area contributed by atoms with Crippen molar-refractivity contribution in [2.45, 2.75) is 6.04 Å². The maximum Gasteiger partial charge on any atom is 0.150 e. The first-order chi connectivity index (χ1) is 5.40. The SMILES string of the molecule is O=CC1=CC2=NC=N[C@@H]2C=C1. The monoisotopic (exact) mass is 146 g/mol. The van der Waals surface area contributed by atoms with Crippen LogP contribution in [0.5, 0.6) is 0 Å². The van der Waals surface area contributed by atoms with Gasteiger partial charge < -0.3 is 0 Å². The second-order valence-corrected chi connectivity index (χ2v) is 2.38. The van der Waals surface area contributed by atoms with Crippen LogP contribution in [0.4, 0.5) is 0 Å². The maximum atomic E-state index is 10.3. The number of carbonyl (C=O) groups excluding carboxylic acids is 1. The highest BCUT2D eigenvalue weighted by molar-refractivity contribution is 6.11. The van der Waals surface area contributed by atoms with E-state index in [-0.39, 0.29) is 6.04 Å². The zero-order valence-corrected chi connectivity index (χ0v) is 5.77. The molecule has 0 saturated carbocycles. The smallest absolute Gasteiger partial charge is 0.150 e. The first-order valence-electron chi connectivity index (χ1n) is 3.34. The molecule has 0 aromatic rings. The van der Waals surface area contributed by atoms with Gasteiger partial charge in [-0.05, 0) is 6.08 Å². The number of hydrogen-bond donors (Lipinski definition) is 0. The lowest BCUT2D eigenvalue weighted by atomic mass is 10.0. The fourth-order valence-electron chi connectivity index (χ4n) is 1.09. The van der Waals surface area contributed by atoms with Crippen LogP contribution in [-0.4, -0.2) is 24.4 Å². The number of rotatable bonds is 1. The number of fused-ring (bicyclic) bond motifs is 1. The van der Waals surface area contributed by atoms with Gasteiger partial charge in [0.1, 0.15) is 18.7 Å². The highest BCUT2D eigenvalue weighted by atomic mass is 16.1. The van der Waals surface area contributed by atoms with Crippen molar-refractivity contribution < 1.29 is 4.79 Å². The zero-order valence-electron chi connectivity index (χ0n) is 5.77. The topological polar surface area (TPSA) is 41.8 Å². The van der Waals surface area contributed by atoms with Gasteiger partial charge in [0.05, 0.1) is 5.71 Å². The fraction of sp³-hybridized carbons (Fsp3) is 0.125. The molecular weight excluding hydrogens is 140 g/mol. The molecule has 0 bridgehead atoms. The molecule has 0 radical (unpaired) electrons. The van der Waals surface area contributed by atoms with E-state index in [1.807, 2.05) is 6.08 Å². The van der Waals surface area contributed by atoms with Crippen molar-refractivity contribution in [3.8, 4) is 0 Å². The fourth-order valence-corrected chi connectivity index (χ4v) is 1.09. The molecule has 0 fully saturated rings. The van der Waals surface area contributed by atoms with E-state index in [4.69, 9.17) is 0 Å². The molecule has 2 aliphatic rings. The maximum absolute atomic E-state index is 10.3. The number of allylic oxidation sites excluding steroid dienone is 2. The number of hydrogen-bond acceptors (Lipinski definition) is 3. The van der Waals surface area contributed by atoms with Gasteiger partial charge in [-0.15, -0.1) is 0 Å². The molecule has 1 aliphatic heterocycles. The van der Waals surface area contributed by atoms with E-state index in [0.717, 1.165) is 12.0 Å². The van der Waals surface area contributed by atoms with Gasteiger partial charge in [0.15, 0.2) is 0 Å². The van der Waals surface area contributed by atoms with E-state index in [9.17, 15) is 4.79 Å². The summed E-state index contributed by atoms with van der Waals surface area (Å²) in [7, 11) is 0. The van der Waals surface area contributed by atoms with Crippen molar-refractivity contribution in [3.63, 3.8) is 0 Å². The van der Waals surface area contributed by atoms with Crippen molar-refractivity contribution in [3.05, 3.63) is 23.8 Å². The minimum atomic E-state index is 0.0544. The molecule has 3 nitrogen and oxygen atoms in total. The van der Waals surface area contributed by atoms with Gasteiger partial charge in [-0.3, -0.25) is 9.79 Å². The molecular formula is C8H6N2O. The lowest BCUT2D eigenvalue weighted by Crippen LogP contribution is -2.13. The highest BCUT2D eigenvalue weighted by Gasteiger charge is 2.16. The van der Waals surface area contributed by atoms with Crippen LogP contribution in [0.2, 0.25) is 0 Å². The van der Waals surface area contributed by atoms with Crippen LogP contribution in [0.25, 0.3) is 0 Å². The highest BCUT2D eigenvalue weighted by Crippen LogP contribution is 2.12. The van der Waals surface area contributed by atoms with E-state index >= 15 is 0 Å². The minimum Gasteiger partial charge on any atom is -0.298 e. The summed E-state index contributed by atoms with van der Waals surface area (Å²) < 4.78 is 0. The molecule has 54 valence electrons. The Morgan fingerprint density at radius 3 is 3.27 bits per heavy atom. The third-order valence-electron chi connectivity index (χ3n) is 1.66. The zero-order chi connectivity index (χ0) is 7.68. The summed E-state index contributed by atoms with van der Waals surface area (Å²) in [5, 5.41) is 0. The van der Waals surface area contributed by atoms with E-state index < -0.39 is 0 Å². The Hall–Kier alpha value is -1.51. The number of aldehydes is 1. The van der Waals surface area contributed by atoms with Crippen LogP contribution in [0.3, 0.4) is 0 Å². The normalized spacial score (nSPS) is 26.0. The summed E-state index contributed by atoms with van der Waals surface area (Å²) in [5.74, 6) is 0. The summed E-state index contributed by atoms with van der Waals surface area (Å²) in [6.45, 7) is 0. The molecule has 0 aromatic heterocycles. The van der Waals surface area contributed by atoms with Gasteiger partial charge in [-0.2, -0.15) is 0 Å². The van der Waals surface area contributed by atoms with E-state index in [1.165, 1.54) is 6.34 Å². The molecule has 0 N–H and O–H groups in total. The lowest BCUT2D eigenvalue weighted by molar-refractivity contribution is -0.104. The molecule has 0 amide bonds. The summed E-state index contributed by atoms with van der Waals surface area (Å²) in [6.07, 6.45) is 7.72. The van der Waals surface area contributed by atoms with Crippen LogP contribution in [-0.2, 0) is 4.79 Å². The summed E-state index contributed by atoms with van der Waals surface area (Å²) in [6, 6.07) is 0.0544. The van der Waals surface area contributed by atoms with E-state index in [0.29, 0.717) is 5.57 Å². The Kier molecular flexibility index (Phi) is 1.28. The predicted molar refractivity (Wildman–Crippen MR) is 43.0 cm³/mol. The second-order valence-electron chi connectivity index (χ2n) is 2.38. The third kappa shape index (κ3) is 0.941. The molecule has 11 heavy (non-hydrogen) atoms. The quantitative estimate of drug-likeness (QED) is 0.497. The standard InChI is InChI=1S/C8H6N2O/c11-4-6-1-2-7-8(3-6)10-5-9-7/h1-5,7H/t7-/m1/s1. The Bertz CT molecular complexity index is 310. The number of carbonyl (C=O) groups is 1. The molecule has 2 rings (SSSR count). The van der Waals surface area contributed by atoms with E-state index in [1.54, 1.807) is 12.2 Å². The average Bonchev–Trinajstić information content (AvgIpc) is 2.50. The minimum absolute atomic E-state index is 0.0544. The van der Waals surface area contributed by atoms with E-state index in [2.05, 4.69) is 9.98 Å². The van der Waals surface area contributed by atoms with Crippen molar-refractivity contribution in [1.82, 2.24) is 0 Å². The number of nitrogens with zero attached hydrogens (tertiary/aromatic N) is 2. The Balaban J connectivity index is 2.36. The lowest BCUT2D eigenvalue weighted by Gasteiger charge is -2.06. The van der Waals surface area contributed by atoms with Gasteiger partial charge >= 0.3 is 0 Å². The molecule has 0 unspecified atom stereocenters. The Morgan fingerprint density at radius 1 is 1.55 bits per heavy atom. The van der Waals surface area contributed by atoms with Crippen molar-refractivity contribution in [2.24, 2.45) is 9.98 Å². The molecule has 3 heteroatoms. The van der Waals surface area contributed by atoms with Crippen LogP contribution < -0.4 is 0 Å². The first-order valence-corrected chi connectivity index (χ1v) is 3.34. The third-order valence-corrected chi connectivity index (χ3v) is 1.66. The molecule has 1 aliphatic carbocycles. The molecule has 0 saturated heterocycles. The summed E-state index contributed by atoms with van der Waals surface area (Å²) in [4.78, 5) is 18.4. The van der Waals surface area contributed by atoms with Crippen molar-refractivity contribution >= 4 is 18.3 Å². The average molecular weight is 146 g/mol. The van der Waals surface area contributed by atoms with Gasteiger partial charge in [-0.25, -0.2) is 4.99 Å². The Morgan fingerprint density at radius 2 is 2.45 bits per heavy atom. The first kappa shape index (κ1) is 6.22. The second kappa shape index (κ2) is 2.27. The molecule has 0 aromatic carbocycles. The van der Waals surface area contributed by atoms with Gasteiger partial charge in [0, 0.05) is 5.57 Å². The van der Waals surface area contributed by atoms with Crippen molar-refractivity contribution in [1.29, 1.82) is 0 Å². The Labute approximate surface area is 63.9 Å². The molecule has 1 atom stereocenters. The van der Waals surface area contributed by atoms with Gasteiger partial charge in [0.2, 0.25) is 0 Å². The summed E-state index contributed by atoms with van der Waals surface area (Å²) >= 11 is 0. The predicted octanol–water partition coefficient (Wildman–Crippen LogP) is 0.533. The van der Waals surface area contributed by atoms with Gasteiger partial charge in [0.25, 0.3) is 0 Å². The van der Waals surface area contributed by atoms with Crippen LogP contribution in [0, 0.1) is 0 Å².